The van der Waals surface area contributed by atoms with Gasteiger partial charge in [-0.2, -0.15) is 0 Å². The molecule has 0 unspecified atom stereocenters. The highest BCUT2D eigenvalue weighted by molar-refractivity contribution is 5.94. The average Bonchev–Trinajstić information content (AvgIpc) is 1.87. The molecule has 0 aromatic heterocycles. The van der Waals surface area contributed by atoms with E-state index in [2.05, 4.69) is 11.3 Å². The Bertz CT molecular complexity index is 177. The van der Waals surface area contributed by atoms with Crippen molar-refractivity contribution in [1.29, 1.82) is 0 Å². The molecule has 0 aliphatic heterocycles. The monoisotopic (exact) mass is 172 g/mol. The molecule has 12 heavy (non-hydrogen) atoms. The molecule has 0 heterocycles. The first kappa shape index (κ1) is 13.2. The van der Waals surface area contributed by atoms with Crippen molar-refractivity contribution < 1.29 is 19.1 Å². The molecule has 4 heteroatoms. The Kier molecular flexibility index (Phi) is 10.5. The molecule has 0 amide bonds. The van der Waals surface area contributed by atoms with Gasteiger partial charge in [-0.3, -0.25) is 9.59 Å². The maximum atomic E-state index is 10.4. The van der Waals surface area contributed by atoms with E-state index in [9.17, 15) is 9.59 Å². The molecule has 0 aliphatic carbocycles. The highest BCUT2D eigenvalue weighted by Crippen LogP contribution is 1.86. The summed E-state index contributed by atoms with van der Waals surface area (Å²) in [5.74, 6) is 0.651. The predicted molar refractivity (Wildman–Crippen MR) is 43.3 cm³/mol. The molecular formula is C8H12O4. The third kappa shape index (κ3) is 15.8. The number of ketones is 1. The minimum Gasteiger partial charge on any atom is -0.466 e. The summed E-state index contributed by atoms with van der Waals surface area (Å²) in [5.41, 5.74) is 0. The third-order valence-corrected chi connectivity index (χ3v) is 0.699. The summed E-state index contributed by atoms with van der Waals surface area (Å²) >= 11 is 0. The van der Waals surface area contributed by atoms with Crippen LogP contribution in [-0.4, -0.2) is 24.3 Å². The number of carbonyl (C=O) groups is 2. The maximum absolute atomic E-state index is 10.4. The van der Waals surface area contributed by atoms with E-state index in [1.54, 1.807) is 6.92 Å². The zero-order valence-electron chi connectivity index (χ0n) is 7.25. The van der Waals surface area contributed by atoms with Crippen LogP contribution >= 0.6 is 0 Å². The Labute approximate surface area is 71.2 Å². The van der Waals surface area contributed by atoms with Gasteiger partial charge in [0.05, 0.1) is 6.61 Å². The quantitative estimate of drug-likeness (QED) is 0.354. The Morgan fingerprint density at radius 1 is 1.50 bits per heavy atom. The Balaban J connectivity index is 0. The first-order chi connectivity index (χ1) is 5.58. The van der Waals surface area contributed by atoms with Gasteiger partial charge in [-0.15, -0.1) is 0 Å². The van der Waals surface area contributed by atoms with E-state index in [0.717, 1.165) is 0 Å². The summed E-state index contributed by atoms with van der Waals surface area (Å²) in [6, 6.07) is 0. The number of hydrogen-bond acceptors (Lipinski definition) is 4. The van der Waals surface area contributed by atoms with Crippen molar-refractivity contribution >= 4 is 17.7 Å². The number of hydrogen-bond donors (Lipinski definition) is 0. The van der Waals surface area contributed by atoms with E-state index in [4.69, 9.17) is 4.79 Å². The van der Waals surface area contributed by atoms with Crippen LogP contribution < -0.4 is 0 Å². The Morgan fingerprint density at radius 3 is 2.17 bits per heavy atom. The topological polar surface area (TPSA) is 60.4 Å². The van der Waals surface area contributed by atoms with Gasteiger partial charge in [-0.25, -0.2) is 4.79 Å². The van der Waals surface area contributed by atoms with Gasteiger partial charge in [-0.1, -0.05) is 0 Å². The molecular weight excluding hydrogens is 160 g/mol. The lowest BCUT2D eigenvalue weighted by molar-refractivity contribution is -0.145. The lowest BCUT2D eigenvalue weighted by Crippen LogP contribution is -2.07. The standard InChI is InChI=1S/C6H10O3.C2H2O/c1-3-9-6(8)4-5(2)7;1-2-3/h3-4H2,1-2H3;1H2. The number of rotatable bonds is 3. The van der Waals surface area contributed by atoms with Crippen molar-refractivity contribution in [3.63, 3.8) is 0 Å². The van der Waals surface area contributed by atoms with Crippen LogP contribution in [0.5, 0.6) is 0 Å². The first-order valence-corrected chi connectivity index (χ1v) is 3.37. The van der Waals surface area contributed by atoms with E-state index in [1.807, 2.05) is 0 Å². The highest BCUT2D eigenvalue weighted by Gasteiger charge is 2.03. The minimum atomic E-state index is -0.440. The first-order valence-electron chi connectivity index (χ1n) is 3.37. The molecule has 0 atom stereocenters. The van der Waals surface area contributed by atoms with E-state index >= 15 is 0 Å². The van der Waals surface area contributed by atoms with Crippen LogP contribution in [0.15, 0.2) is 6.58 Å². The Hall–Kier alpha value is -1.41. The molecule has 0 radical (unpaired) electrons. The summed E-state index contributed by atoms with van der Waals surface area (Å²) in [6.07, 6.45) is -0.103. The summed E-state index contributed by atoms with van der Waals surface area (Å²) in [7, 11) is 0. The van der Waals surface area contributed by atoms with Crippen molar-refractivity contribution in [3.8, 4) is 0 Å². The molecule has 0 aromatic carbocycles. The van der Waals surface area contributed by atoms with Gasteiger partial charge in [0.25, 0.3) is 0 Å². The number of ether oxygens (including phenoxy) is 1. The summed E-state index contributed by atoms with van der Waals surface area (Å²) < 4.78 is 4.49. The van der Waals surface area contributed by atoms with Gasteiger partial charge in [0.2, 0.25) is 0 Å². The molecule has 4 nitrogen and oxygen atoms in total. The van der Waals surface area contributed by atoms with E-state index < -0.39 is 5.97 Å². The molecule has 68 valence electrons. The normalized spacial score (nSPS) is 7.17. The number of esters is 1. The van der Waals surface area contributed by atoms with E-state index in [0.29, 0.717) is 6.61 Å². The van der Waals surface area contributed by atoms with Crippen LogP contribution in [0.3, 0.4) is 0 Å². The van der Waals surface area contributed by atoms with Crippen molar-refractivity contribution in [2.75, 3.05) is 6.61 Å². The van der Waals surface area contributed by atoms with Crippen molar-refractivity contribution in [3.05, 3.63) is 6.58 Å². The maximum Gasteiger partial charge on any atom is 0.313 e. The third-order valence-electron chi connectivity index (χ3n) is 0.699. The van der Waals surface area contributed by atoms with Crippen LogP contribution in [0.1, 0.15) is 20.3 Å². The van der Waals surface area contributed by atoms with Crippen molar-refractivity contribution in [2.45, 2.75) is 20.3 Å². The zero-order valence-corrected chi connectivity index (χ0v) is 7.25. The van der Waals surface area contributed by atoms with Crippen LogP contribution in [0.25, 0.3) is 0 Å². The molecule has 0 spiro atoms. The van der Waals surface area contributed by atoms with E-state index in [-0.39, 0.29) is 12.2 Å². The van der Waals surface area contributed by atoms with Gasteiger partial charge < -0.3 is 4.74 Å². The van der Waals surface area contributed by atoms with Crippen LogP contribution in [0.4, 0.5) is 0 Å². The molecule has 0 saturated heterocycles. The largest absolute Gasteiger partial charge is 0.466 e. The van der Waals surface area contributed by atoms with Crippen LogP contribution in [0.2, 0.25) is 0 Å². The fourth-order valence-electron chi connectivity index (χ4n) is 0.415. The second kappa shape index (κ2) is 9.59. The van der Waals surface area contributed by atoms with Crippen molar-refractivity contribution in [1.82, 2.24) is 0 Å². The van der Waals surface area contributed by atoms with Gasteiger partial charge in [0.15, 0.2) is 0 Å². The fraction of sp³-hybridized carbons (Fsp3) is 0.500. The Morgan fingerprint density at radius 2 is 1.92 bits per heavy atom. The lowest BCUT2D eigenvalue weighted by atomic mass is 10.3. The minimum absolute atomic E-state index is 0.103. The molecule has 0 bridgehead atoms. The van der Waals surface area contributed by atoms with Gasteiger partial charge >= 0.3 is 5.97 Å². The summed E-state index contributed by atoms with van der Waals surface area (Å²) in [4.78, 5) is 29.2. The van der Waals surface area contributed by atoms with Gasteiger partial charge in [-0.05, 0) is 20.4 Å². The highest BCUT2D eigenvalue weighted by atomic mass is 16.5. The van der Waals surface area contributed by atoms with Crippen molar-refractivity contribution in [2.24, 2.45) is 0 Å². The SMILES string of the molecule is C=C=O.CCOC(=O)CC(C)=O. The predicted octanol–water partition coefficient (Wildman–Crippen LogP) is 0.533. The van der Waals surface area contributed by atoms with E-state index in [1.165, 1.54) is 12.9 Å². The second-order valence-electron chi connectivity index (χ2n) is 1.83. The molecule has 0 aromatic rings. The lowest BCUT2D eigenvalue weighted by Gasteiger charge is -1.96. The number of Topliss-reactive ketones (excluding diaryl/α,β-unsaturated/α-hetero) is 1. The fourth-order valence-corrected chi connectivity index (χ4v) is 0.415. The molecule has 0 saturated carbocycles. The molecule has 0 N–H and O–H groups in total. The summed E-state index contributed by atoms with van der Waals surface area (Å²) in [6.45, 7) is 6.08. The molecule has 0 fully saturated rings. The molecule has 0 rings (SSSR count). The van der Waals surface area contributed by atoms with Gasteiger partial charge in [0.1, 0.15) is 18.1 Å². The number of carbonyl (C=O) groups excluding carboxylic acids is 3. The zero-order chi connectivity index (χ0) is 9.98. The smallest absolute Gasteiger partial charge is 0.313 e. The van der Waals surface area contributed by atoms with Crippen LogP contribution in [-0.2, 0) is 19.1 Å². The summed E-state index contributed by atoms with van der Waals surface area (Å²) in [5, 5.41) is 0. The van der Waals surface area contributed by atoms with Gasteiger partial charge in [0, 0.05) is 0 Å². The molecule has 0 aliphatic rings. The van der Waals surface area contributed by atoms with Crippen LogP contribution in [0, 0.1) is 0 Å². The average molecular weight is 172 g/mol. The second-order valence-corrected chi connectivity index (χ2v) is 1.83.